The highest BCUT2D eigenvalue weighted by Crippen LogP contribution is 2.29. The first kappa shape index (κ1) is 15.0. The fraction of sp³-hybridized carbons (Fsp3) is 0.857. The second-order valence-corrected chi connectivity index (χ2v) is 5.25. The molecule has 2 atom stereocenters. The summed E-state index contributed by atoms with van der Waals surface area (Å²) in [7, 11) is 0. The first-order chi connectivity index (χ1) is 8.65. The standard InChI is InChI=1S/C14H25NO3/c1-2-3-4-5-9-15-13(16)11-7-6-8-12(10-11)14(17)18/h11-12H,2-10H2,1H3,(H,15,16)(H,17,18). The number of nitrogens with one attached hydrogen (secondary N) is 1. The van der Waals surface area contributed by atoms with E-state index < -0.39 is 5.97 Å². The van der Waals surface area contributed by atoms with Crippen LogP contribution < -0.4 is 5.32 Å². The molecule has 0 aromatic carbocycles. The average molecular weight is 255 g/mol. The molecule has 0 aliphatic heterocycles. The van der Waals surface area contributed by atoms with Crippen molar-refractivity contribution in [3.05, 3.63) is 0 Å². The van der Waals surface area contributed by atoms with E-state index in [4.69, 9.17) is 5.11 Å². The highest BCUT2D eigenvalue weighted by Gasteiger charge is 2.30. The van der Waals surface area contributed by atoms with Gasteiger partial charge in [0.1, 0.15) is 0 Å². The molecule has 0 aromatic heterocycles. The van der Waals surface area contributed by atoms with Crippen LogP contribution in [0.1, 0.15) is 58.3 Å². The van der Waals surface area contributed by atoms with E-state index >= 15 is 0 Å². The van der Waals surface area contributed by atoms with Gasteiger partial charge in [-0.3, -0.25) is 9.59 Å². The van der Waals surface area contributed by atoms with Gasteiger partial charge in [-0.15, -0.1) is 0 Å². The monoisotopic (exact) mass is 255 g/mol. The van der Waals surface area contributed by atoms with Crippen molar-refractivity contribution in [2.75, 3.05) is 6.54 Å². The smallest absolute Gasteiger partial charge is 0.306 e. The van der Waals surface area contributed by atoms with Crippen LogP contribution in [-0.4, -0.2) is 23.5 Å². The third kappa shape index (κ3) is 5.07. The first-order valence-corrected chi connectivity index (χ1v) is 7.15. The van der Waals surface area contributed by atoms with Crippen molar-refractivity contribution in [2.45, 2.75) is 58.3 Å². The highest BCUT2D eigenvalue weighted by molar-refractivity contribution is 5.80. The lowest BCUT2D eigenvalue weighted by Gasteiger charge is -2.25. The second kappa shape index (κ2) is 8.11. The number of amides is 1. The fourth-order valence-electron chi connectivity index (χ4n) is 2.56. The number of carbonyl (C=O) groups excluding carboxylic acids is 1. The molecule has 4 nitrogen and oxygen atoms in total. The summed E-state index contributed by atoms with van der Waals surface area (Å²) in [6.07, 6.45) is 7.49. The summed E-state index contributed by atoms with van der Waals surface area (Å²) in [6, 6.07) is 0. The van der Waals surface area contributed by atoms with E-state index in [0.29, 0.717) is 6.42 Å². The molecule has 0 saturated heterocycles. The topological polar surface area (TPSA) is 66.4 Å². The van der Waals surface area contributed by atoms with Gasteiger partial charge in [-0.25, -0.2) is 0 Å². The Morgan fingerprint density at radius 2 is 1.89 bits per heavy atom. The summed E-state index contributed by atoms with van der Waals surface area (Å²) in [6.45, 7) is 2.89. The summed E-state index contributed by atoms with van der Waals surface area (Å²) in [5, 5.41) is 11.9. The molecule has 1 fully saturated rings. The summed E-state index contributed by atoms with van der Waals surface area (Å²) < 4.78 is 0. The number of hydrogen-bond acceptors (Lipinski definition) is 2. The minimum Gasteiger partial charge on any atom is -0.481 e. The third-order valence-electron chi connectivity index (χ3n) is 3.72. The number of carboxylic acids is 1. The Kier molecular flexibility index (Phi) is 6.76. The Bertz CT molecular complexity index is 278. The molecule has 1 amide bonds. The van der Waals surface area contributed by atoms with Gasteiger partial charge in [0, 0.05) is 12.5 Å². The molecule has 2 unspecified atom stereocenters. The molecule has 2 N–H and O–H groups in total. The first-order valence-electron chi connectivity index (χ1n) is 7.15. The van der Waals surface area contributed by atoms with Crippen LogP contribution in [0, 0.1) is 11.8 Å². The molecule has 1 saturated carbocycles. The van der Waals surface area contributed by atoms with Gasteiger partial charge in [0.25, 0.3) is 0 Å². The van der Waals surface area contributed by atoms with Gasteiger partial charge in [0.15, 0.2) is 0 Å². The molecule has 0 heterocycles. The largest absolute Gasteiger partial charge is 0.481 e. The van der Waals surface area contributed by atoms with E-state index in [9.17, 15) is 9.59 Å². The maximum absolute atomic E-state index is 11.9. The van der Waals surface area contributed by atoms with Gasteiger partial charge in [-0.05, 0) is 25.7 Å². The van der Waals surface area contributed by atoms with Gasteiger partial charge in [0.05, 0.1) is 5.92 Å². The Balaban J connectivity index is 2.22. The van der Waals surface area contributed by atoms with Crippen LogP contribution >= 0.6 is 0 Å². The van der Waals surface area contributed by atoms with E-state index in [-0.39, 0.29) is 17.7 Å². The van der Waals surface area contributed by atoms with Crippen molar-refractivity contribution in [3.63, 3.8) is 0 Å². The molecule has 18 heavy (non-hydrogen) atoms. The average Bonchev–Trinajstić information content (AvgIpc) is 2.38. The van der Waals surface area contributed by atoms with Crippen LogP contribution in [-0.2, 0) is 9.59 Å². The molecule has 1 aliphatic carbocycles. The normalized spacial score (nSPS) is 23.6. The number of carboxylic acid groups (broad SMARTS) is 1. The maximum atomic E-state index is 11.9. The molecule has 0 bridgehead atoms. The minimum atomic E-state index is -0.754. The van der Waals surface area contributed by atoms with Gasteiger partial charge >= 0.3 is 5.97 Å². The maximum Gasteiger partial charge on any atom is 0.306 e. The summed E-state index contributed by atoms with van der Waals surface area (Å²) in [5.41, 5.74) is 0. The zero-order chi connectivity index (χ0) is 13.4. The number of carbonyl (C=O) groups is 2. The number of rotatable bonds is 7. The number of aliphatic carboxylic acids is 1. The van der Waals surface area contributed by atoms with E-state index in [1.807, 2.05) is 0 Å². The Morgan fingerprint density at radius 3 is 2.56 bits per heavy atom. The lowest BCUT2D eigenvalue weighted by molar-refractivity contribution is -0.144. The molecular formula is C14H25NO3. The van der Waals surface area contributed by atoms with Gasteiger partial charge < -0.3 is 10.4 Å². The van der Waals surface area contributed by atoms with Gasteiger partial charge in [0.2, 0.25) is 5.91 Å². The highest BCUT2D eigenvalue weighted by atomic mass is 16.4. The van der Waals surface area contributed by atoms with Crippen LogP contribution in [0.15, 0.2) is 0 Å². The van der Waals surface area contributed by atoms with Crippen molar-refractivity contribution in [1.29, 1.82) is 0 Å². The molecular weight excluding hydrogens is 230 g/mol. The summed E-state index contributed by atoms with van der Waals surface area (Å²) in [4.78, 5) is 22.8. The van der Waals surface area contributed by atoms with Crippen LogP contribution in [0.2, 0.25) is 0 Å². The molecule has 104 valence electrons. The molecule has 0 spiro atoms. The summed E-state index contributed by atoms with van der Waals surface area (Å²) in [5.74, 6) is -1.12. The van der Waals surface area contributed by atoms with E-state index in [1.54, 1.807) is 0 Å². The van der Waals surface area contributed by atoms with Crippen LogP contribution in [0.25, 0.3) is 0 Å². The predicted octanol–water partition coefficient (Wildman–Crippen LogP) is 2.57. The van der Waals surface area contributed by atoms with Crippen molar-refractivity contribution in [1.82, 2.24) is 5.32 Å². The van der Waals surface area contributed by atoms with E-state index in [1.165, 1.54) is 12.8 Å². The van der Waals surface area contributed by atoms with Gasteiger partial charge in [-0.1, -0.05) is 32.6 Å². The molecule has 0 aromatic rings. The van der Waals surface area contributed by atoms with Crippen molar-refractivity contribution >= 4 is 11.9 Å². The Labute approximate surface area is 109 Å². The lowest BCUT2D eigenvalue weighted by atomic mass is 9.81. The van der Waals surface area contributed by atoms with Crippen molar-refractivity contribution in [3.8, 4) is 0 Å². The zero-order valence-corrected chi connectivity index (χ0v) is 11.3. The SMILES string of the molecule is CCCCCCNC(=O)C1CCCC(C(=O)O)C1. The third-order valence-corrected chi connectivity index (χ3v) is 3.72. The molecule has 0 radical (unpaired) electrons. The van der Waals surface area contributed by atoms with Crippen LogP contribution in [0.4, 0.5) is 0 Å². The van der Waals surface area contributed by atoms with E-state index in [0.717, 1.165) is 38.6 Å². The predicted molar refractivity (Wildman–Crippen MR) is 70.2 cm³/mol. The fourth-order valence-corrected chi connectivity index (χ4v) is 2.56. The van der Waals surface area contributed by atoms with E-state index in [2.05, 4.69) is 12.2 Å². The molecule has 4 heteroatoms. The number of unbranched alkanes of at least 4 members (excludes halogenated alkanes) is 3. The minimum absolute atomic E-state index is 0.0532. The molecule has 1 aliphatic rings. The zero-order valence-electron chi connectivity index (χ0n) is 11.3. The lowest BCUT2D eigenvalue weighted by Crippen LogP contribution is -2.35. The molecule has 1 rings (SSSR count). The Hall–Kier alpha value is -1.06. The van der Waals surface area contributed by atoms with Gasteiger partial charge in [-0.2, -0.15) is 0 Å². The summed E-state index contributed by atoms with van der Waals surface area (Å²) >= 11 is 0. The quantitative estimate of drug-likeness (QED) is 0.687. The van der Waals surface area contributed by atoms with Crippen molar-refractivity contribution in [2.24, 2.45) is 11.8 Å². The number of hydrogen-bond donors (Lipinski definition) is 2. The second-order valence-electron chi connectivity index (χ2n) is 5.25. The van der Waals surface area contributed by atoms with Crippen LogP contribution in [0.3, 0.4) is 0 Å². The van der Waals surface area contributed by atoms with Crippen LogP contribution in [0.5, 0.6) is 0 Å². The van der Waals surface area contributed by atoms with Crippen molar-refractivity contribution < 1.29 is 14.7 Å². The Morgan fingerprint density at radius 1 is 1.17 bits per heavy atom.